The van der Waals surface area contributed by atoms with E-state index in [1.54, 1.807) is 0 Å². The molecule has 0 heterocycles. The topological polar surface area (TPSA) is 230 Å². The van der Waals surface area contributed by atoms with Crippen molar-refractivity contribution in [3.8, 4) is 0 Å². The molecule has 0 saturated carbocycles. The average Bonchev–Trinajstić information content (AvgIpc) is 2.56. The zero-order chi connectivity index (χ0) is 23.1. The molecule has 12 nitrogen and oxygen atoms in total. The summed E-state index contributed by atoms with van der Waals surface area (Å²) in [5, 5.41) is 53.4. The summed E-state index contributed by atoms with van der Waals surface area (Å²) in [5.74, 6) is -8.91. The van der Waals surface area contributed by atoms with Crippen molar-refractivity contribution in [1.82, 2.24) is 0 Å². The number of carbonyl (C=O) groups is 6. The Labute approximate surface area is 158 Å². The molecule has 0 amide bonds. The van der Waals surface area contributed by atoms with Gasteiger partial charge in [0.05, 0.1) is 0 Å². The van der Waals surface area contributed by atoms with Crippen molar-refractivity contribution in [1.29, 1.82) is 0 Å². The Bertz CT molecular complexity index is 744. The van der Waals surface area contributed by atoms with Crippen LogP contribution in [-0.2, 0) is 28.8 Å². The second-order valence-electron chi connectivity index (χ2n) is 6.57. The number of Topliss-reactive ketones (excluding diaryl/α,β-unsaturated/α-hetero) is 5. The molecule has 4 atom stereocenters. The monoisotopic (exact) mass is 405 g/mol. The van der Waals surface area contributed by atoms with E-state index < -0.39 is 63.3 Å². The van der Waals surface area contributed by atoms with E-state index in [0.717, 1.165) is 0 Å². The molecule has 0 aromatic carbocycles. The third-order valence-electron chi connectivity index (χ3n) is 4.88. The number of carbonyl (C=O) groups excluding carboxylic acids is 6. The van der Waals surface area contributed by atoms with Crippen LogP contribution in [0.15, 0.2) is 0 Å². The number of aliphatic hydroxyl groups is 5. The second kappa shape index (κ2) is 7.31. The van der Waals surface area contributed by atoms with E-state index in [2.05, 4.69) is 0 Å². The van der Waals surface area contributed by atoms with Crippen molar-refractivity contribution < 1.29 is 54.3 Å². The standard InChI is InChI=1S/C16H23NO11/c1-7(19)13(25,8(2)20)15(27,10(4)22)16(28,11(5)23)14(26,9(3)21)12(17,24)6-18/h6,24-28H,17H2,1-5H3/t12-,14+,15+,16+/m0/s1. The van der Waals surface area contributed by atoms with Gasteiger partial charge in [-0.1, -0.05) is 0 Å². The maximum Gasteiger partial charge on any atom is 0.220 e. The van der Waals surface area contributed by atoms with Crippen molar-refractivity contribution in [3.63, 3.8) is 0 Å². The number of ketones is 5. The van der Waals surface area contributed by atoms with Gasteiger partial charge in [-0.3, -0.25) is 34.5 Å². The van der Waals surface area contributed by atoms with Crippen molar-refractivity contribution in [2.45, 2.75) is 62.7 Å². The van der Waals surface area contributed by atoms with Gasteiger partial charge < -0.3 is 25.5 Å². The number of nitrogens with two attached hydrogens (primary N) is 1. The van der Waals surface area contributed by atoms with E-state index in [4.69, 9.17) is 5.73 Å². The highest BCUT2D eigenvalue weighted by molar-refractivity contribution is 6.18. The Morgan fingerprint density at radius 1 is 0.607 bits per heavy atom. The number of hydrogen-bond donors (Lipinski definition) is 6. The maximum absolute atomic E-state index is 12.3. The highest BCUT2D eigenvalue weighted by atomic mass is 16.4. The Morgan fingerprint density at radius 3 is 1.07 bits per heavy atom. The van der Waals surface area contributed by atoms with Gasteiger partial charge in [0.25, 0.3) is 0 Å². The SMILES string of the molecule is CC(=O)C(O)(C(C)=O)[C@](O)(C(C)=O)[C@@](O)(C(C)=O)[C@@](O)(C(C)=O)[C@@](N)(O)C=O. The molecule has 0 aliphatic heterocycles. The van der Waals surface area contributed by atoms with E-state index >= 15 is 0 Å². The van der Waals surface area contributed by atoms with Crippen LogP contribution in [0.2, 0.25) is 0 Å². The molecular weight excluding hydrogens is 382 g/mol. The van der Waals surface area contributed by atoms with Crippen LogP contribution in [0.4, 0.5) is 0 Å². The summed E-state index contributed by atoms with van der Waals surface area (Å²) in [6.07, 6.45) is -0.691. The van der Waals surface area contributed by atoms with Gasteiger partial charge in [0.2, 0.25) is 28.1 Å². The Morgan fingerprint density at radius 2 is 0.893 bits per heavy atom. The summed E-state index contributed by atoms with van der Waals surface area (Å²) in [6, 6.07) is 0. The summed E-state index contributed by atoms with van der Waals surface area (Å²) in [4.78, 5) is 72.0. The zero-order valence-corrected chi connectivity index (χ0v) is 15.8. The van der Waals surface area contributed by atoms with Crippen molar-refractivity contribution in [2.75, 3.05) is 0 Å². The van der Waals surface area contributed by atoms with Gasteiger partial charge in [-0.2, -0.15) is 0 Å². The van der Waals surface area contributed by atoms with Crippen LogP contribution < -0.4 is 5.73 Å². The largest absolute Gasteiger partial charge is 0.376 e. The predicted octanol–water partition coefficient (Wildman–Crippen LogP) is -4.30. The first kappa shape index (κ1) is 25.8. The molecule has 7 N–H and O–H groups in total. The third-order valence-corrected chi connectivity index (χ3v) is 4.88. The third kappa shape index (κ3) is 2.77. The molecule has 0 bridgehead atoms. The first-order chi connectivity index (χ1) is 12.3. The molecule has 0 aromatic rings. The molecule has 0 aliphatic rings. The summed E-state index contributed by atoms with van der Waals surface area (Å²) in [7, 11) is 0. The average molecular weight is 405 g/mol. The van der Waals surface area contributed by atoms with E-state index in [9.17, 15) is 54.3 Å². The van der Waals surface area contributed by atoms with Gasteiger partial charge in [-0.05, 0) is 34.6 Å². The van der Waals surface area contributed by atoms with E-state index in [0.29, 0.717) is 34.6 Å². The van der Waals surface area contributed by atoms with Crippen LogP contribution in [0, 0.1) is 0 Å². The normalized spacial score (nSPS) is 20.5. The van der Waals surface area contributed by atoms with Crippen molar-refractivity contribution in [3.05, 3.63) is 0 Å². The molecule has 0 spiro atoms. The lowest BCUT2D eigenvalue weighted by Crippen LogP contribution is -2.89. The summed E-state index contributed by atoms with van der Waals surface area (Å²) >= 11 is 0. The zero-order valence-electron chi connectivity index (χ0n) is 15.8. The molecule has 158 valence electrons. The molecule has 0 aromatic heterocycles. The van der Waals surface area contributed by atoms with E-state index in [1.807, 2.05) is 0 Å². The van der Waals surface area contributed by atoms with Crippen LogP contribution in [0.3, 0.4) is 0 Å². The van der Waals surface area contributed by atoms with E-state index in [-0.39, 0.29) is 0 Å². The highest BCUT2D eigenvalue weighted by Gasteiger charge is 2.82. The Kier molecular flexibility index (Phi) is 6.73. The minimum Gasteiger partial charge on any atom is -0.376 e. The lowest BCUT2D eigenvalue weighted by Gasteiger charge is -2.54. The number of aldehydes is 1. The van der Waals surface area contributed by atoms with Gasteiger partial charge in [-0.15, -0.1) is 0 Å². The fourth-order valence-corrected chi connectivity index (χ4v) is 3.21. The van der Waals surface area contributed by atoms with E-state index in [1.165, 1.54) is 0 Å². The minimum absolute atomic E-state index is 0.378. The van der Waals surface area contributed by atoms with Crippen LogP contribution in [0.5, 0.6) is 0 Å². The van der Waals surface area contributed by atoms with Crippen LogP contribution in [0.1, 0.15) is 34.6 Å². The molecule has 0 saturated heterocycles. The van der Waals surface area contributed by atoms with Gasteiger partial charge in [0, 0.05) is 0 Å². The smallest absolute Gasteiger partial charge is 0.220 e. The molecular formula is C16H23NO11. The molecule has 0 rings (SSSR count). The summed E-state index contributed by atoms with van der Waals surface area (Å²) in [6.45, 7) is 2.19. The predicted molar refractivity (Wildman–Crippen MR) is 88.4 cm³/mol. The second-order valence-corrected chi connectivity index (χ2v) is 6.57. The Hall–Kier alpha value is -2.22. The first-order valence-electron chi connectivity index (χ1n) is 7.70. The molecule has 28 heavy (non-hydrogen) atoms. The summed E-state index contributed by atoms with van der Waals surface area (Å²) < 4.78 is 0. The molecule has 0 radical (unpaired) electrons. The van der Waals surface area contributed by atoms with Gasteiger partial charge in [0.15, 0.2) is 35.2 Å². The lowest BCUT2D eigenvalue weighted by atomic mass is 9.55. The van der Waals surface area contributed by atoms with Crippen LogP contribution in [0.25, 0.3) is 0 Å². The van der Waals surface area contributed by atoms with Crippen molar-refractivity contribution in [2.24, 2.45) is 5.73 Å². The fraction of sp³-hybridized carbons (Fsp3) is 0.625. The highest BCUT2D eigenvalue weighted by Crippen LogP contribution is 2.46. The first-order valence-corrected chi connectivity index (χ1v) is 7.70. The fourth-order valence-electron chi connectivity index (χ4n) is 3.21. The summed E-state index contributed by atoms with van der Waals surface area (Å²) in [5.41, 5.74) is -15.3. The van der Waals surface area contributed by atoms with Gasteiger partial charge >= 0.3 is 0 Å². The molecule has 0 aliphatic carbocycles. The number of rotatable bonds is 10. The molecule has 0 fully saturated rings. The van der Waals surface area contributed by atoms with Crippen LogP contribution >= 0.6 is 0 Å². The van der Waals surface area contributed by atoms with Gasteiger partial charge in [-0.25, -0.2) is 0 Å². The minimum atomic E-state index is -4.34. The molecule has 0 unspecified atom stereocenters. The van der Waals surface area contributed by atoms with Crippen LogP contribution in [-0.4, -0.2) is 88.9 Å². The Balaban J connectivity index is 7.89. The van der Waals surface area contributed by atoms with Gasteiger partial charge in [0.1, 0.15) is 0 Å². The molecule has 12 heteroatoms. The maximum atomic E-state index is 12.3. The quantitative estimate of drug-likeness (QED) is 0.115. The lowest BCUT2D eigenvalue weighted by molar-refractivity contribution is -0.283. The number of hydrogen-bond acceptors (Lipinski definition) is 12. The van der Waals surface area contributed by atoms with Crippen molar-refractivity contribution >= 4 is 35.2 Å².